The Morgan fingerprint density at radius 1 is 0.972 bits per heavy atom. The van der Waals surface area contributed by atoms with E-state index in [-0.39, 0.29) is 0 Å². The lowest BCUT2D eigenvalue weighted by Gasteiger charge is -2.45. The Kier molecular flexibility index (Phi) is 9.49. The van der Waals surface area contributed by atoms with Crippen LogP contribution in [0.25, 0.3) is 5.57 Å². The van der Waals surface area contributed by atoms with Crippen molar-refractivity contribution in [2.45, 2.75) is 86.0 Å². The maximum atomic E-state index is 4.33. The van der Waals surface area contributed by atoms with Crippen molar-refractivity contribution in [3.8, 4) is 0 Å². The van der Waals surface area contributed by atoms with Gasteiger partial charge in [-0.25, -0.2) is 0 Å². The summed E-state index contributed by atoms with van der Waals surface area (Å²) < 4.78 is 0. The molecule has 1 aliphatic rings. The summed E-state index contributed by atoms with van der Waals surface area (Å²) in [4.78, 5) is 4.25. The monoisotopic (exact) mass is 479 g/mol. The number of rotatable bonds is 11. The second kappa shape index (κ2) is 12.3. The van der Waals surface area contributed by atoms with Crippen LogP contribution in [0.2, 0.25) is 0 Å². The number of benzene rings is 2. The topological polar surface area (TPSA) is 12.4 Å². The van der Waals surface area contributed by atoms with Gasteiger partial charge in [0.15, 0.2) is 0 Å². The minimum absolute atomic E-state index is 0.407. The van der Waals surface area contributed by atoms with Crippen molar-refractivity contribution >= 4 is 11.8 Å². The van der Waals surface area contributed by atoms with Gasteiger partial charge in [0, 0.05) is 11.9 Å². The first-order chi connectivity index (χ1) is 17.2. The smallest absolute Gasteiger partial charge is 0.0300 e. The molecule has 0 bridgehead atoms. The van der Waals surface area contributed by atoms with Crippen molar-refractivity contribution < 1.29 is 0 Å². The van der Waals surface area contributed by atoms with Gasteiger partial charge in [-0.2, -0.15) is 0 Å². The molecule has 0 amide bonds. The summed E-state index contributed by atoms with van der Waals surface area (Å²) in [6, 6.07) is 18.4. The van der Waals surface area contributed by atoms with Crippen LogP contribution in [-0.4, -0.2) is 6.21 Å². The minimum Gasteiger partial charge on any atom is -0.262 e. The Bertz CT molecular complexity index is 1140. The maximum Gasteiger partial charge on any atom is 0.0300 e. The molecule has 1 unspecified atom stereocenters. The predicted octanol–water partition coefficient (Wildman–Crippen LogP) is 10.4. The molecule has 36 heavy (non-hydrogen) atoms. The van der Waals surface area contributed by atoms with Crippen LogP contribution < -0.4 is 0 Å². The van der Waals surface area contributed by atoms with E-state index < -0.39 is 0 Å². The summed E-state index contributed by atoms with van der Waals surface area (Å²) in [5, 5.41) is 0. The molecule has 0 aromatic heterocycles. The van der Waals surface area contributed by atoms with Crippen LogP contribution in [-0.2, 0) is 0 Å². The van der Waals surface area contributed by atoms with Gasteiger partial charge >= 0.3 is 0 Å². The van der Waals surface area contributed by atoms with Gasteiger partial charge in [0.25, 0.3) is 0 Å². The van der Waals surface area contributed by atoms with Crippen molar-refractivity contribution in [2.24, 2.45) is 10.4 Å². The molecular formula is C35H45N. The number of nitrogens with zero attached hydrogens (tertiary/aromatic N) is 1. The standard InChI is InChI=1S/C35H45N/c1-9-20-35(10-2)23-33(24-35)34(31-13-11-26(5)12-14-31)32-17-15-30(16-18-32)29(8)22-28(7)27(6)19-21-36-25(3)4/h11-19,21,29H,3,7,9-10,20,22-24H2,1-2,4-6,8H3/b27-19+,34-33?,36-21?. The molecule has 0 saturated heterocycles. The lowest BCUT2D eigenvalue weighted by Crippen LogP contribution is -2.31. The molecule has 0 heterocycles. The molecule has 1 aliphatic carbocycles. The molecule has 1 fully saturated rings. The van der Waals surface area contributed by atoms with Crippen molar-refractivity contribution in [3.05, 3.63) is 112 Å². The van der Waals surface area contributed by atoms with E-state index in [1.54, 1.807) is 5.57 Å². The molecule has 1 nitrogen and oxygen atoms in total. The molecule has 0 radical (unpaired) electrons. The Balaban J connectivity index is 1.82. The fourth-order valence-electron chi connectivity index (χ4n) is 5.48. The Morgan fingerprint density at radius 2 is 1.56 bits per heavy atom. The summed E-state index contributed by atoms with van der Waals surface area (Å²) >= 11 is 0. The average molecular weight is 480 g/mol. The summed E-state index contributed by atoms with van der Waals surface area (Å²) in [5.74, 6) is 0.407. The predicted molar refractivity (Wildman–Crippen MR) is 160 cm³/mol. The lowest BCUT2D eigenvalue weighted by atomic mass is 9.59. The molecule has 2 aromatic rings. The summed E-state index contributed by atoms with van der Waals surface area (Å²) in [6.45, 7) is 21.3. The number of aryl methyl sites for hydroxylation is 1. The first-order valence-electron chi connectivity index (χ1n) is 13.6. The lowest BCUT2D eigenvalue weighted by molar-refractivity contribution is 0.177. The van der Waals surface area contributed by atoms with Crippen LogP contribution in [0.3, 0.4) is 0 Å². The normalized spacial score (nSPS) is 18.7. The molecule has 2 aromatic carbocycles. The largest absolute Gasteiger partial charge is 0.262 e. The van der Waals surface area contributed by atoms with Crippen LogP contribution in [0.5, 0.6) is 0 Å². The average Bonchev–Trinajstić information content (AvgIpc) is 2.83. The van der Waals surface area contributed by atoms with Crippen molar-refractivity contribution in [2.75, 3.05) is 0 Å². The van der Waals surface area contributed by atoms with Crippen LogP contribution in [0.1, 0.15) is 101 Å². The first kappa shape index (κ1) is 27.7. The highest BCUT2D eigenvalue weighted by Crippen LogP contribution is 2.54. The van der Waals surface area contributed by atoms with E-state index in [1.807, 2.05) is 19.2 Å². The highest BCUT2D eigenvalue weighted by atomic mass is 14.7. The molecule has 1 heteroatoms. The number of hydrogen-bond donors (Lipinski definition) is 0. The highest BCUT2D eigenvalue weighted by Gasteiger charge is 2.39. The summed E-state index contributed by atoms with van der Waals surface area (Å²) in [5.41, 5.74) is 12.1. The van der Waals surface area contributed by atoms with E-state index in [2.05, 4.69) is 101 Å². The number of allylic oxidation sites excluding steroid dienone is 5. The van der Waals surface area contributed by atoms with Crippen LogP contribution in [0.15, 0.2) is 95.2 Å². The number of aliphatic imine (C=N–C) groups is 1. The molecular weight excluding hydrogens is 434 g/mol. The highest BCUT2D eigenvalue weighted by molar-refractivity contribution is 5.83. The maximum absolute atomic E-state index is 4.33. The van der Waals surface area contributed by atoms with Crippen molar-refractivity contribution in [1.82, 2.24) is 0 Å². The first-order valence-corrected chi connectivity index (χ1v) is 13.6. The fraction of sp³-hybridized carbons (Fsp3) is 0.400. The van der Waals surface area contributed by atoms with Gasteiger partial charge in [0.2, 0.25) is 0 Å². The zero-order valence-electron chi connectivity index (χ0n) is 23.5. The molecule has 1 atom stereocenters. The number of hydrogen-bond acceptors (Lipinski definition) is 1. The van der Waals surface area contributed by atoms with E-state index in [9.17, 15) is 0 Å². The van der Waals surface area contributed by atoms with Crippen molar-refractivity contribution in [3.63, 3.8) is 0 Å². The zero-order valence-corrected chi connectivity index (χ0v) is 23.5. The van der Waals surface area contributed by atoms with E-state index in [1.165, 1.54) is 65.5 Å². The third-order valence-electron chi connectivity index (χ3n) is 7.90. The van der Waals surface area contributed by atoms with E-state index >= 15 is 0 Å². The minimum atomic E-state index is 0.407. The second-order valence-electron chi connectivity index (χ2n) is 11.0. The molecule has 1 saturated carbocycles. The summed E-state index contributed by atoms with van der Waals surface area (Å²) in [7, 11) is 0. The Hall–Kier alpha value is -2.93. The Labute approximate surface area is 220 Å². The van der Waals surface area contributed by atoms with Gasteiger partial charge in [-0.15, -0.1) is 0 Å². The molecule has 0 N–H and O–H groups in total. The SMILES string of the molecule is C=C(C)N=C/C=C(\C)C(=C)CC(C)c1ccc(C(=C2CC(CC)(CCC)C2)c2ccc(C)cc2)cc1. The third kappa shape index (κ3) is 6.84. The zero-order chi connectivity index (χ0) is 26.3. The second-order valence-corrected chi connectivity index (χ2v) is 11.0. The van der Waals surface area contributed by atoms with Gasteiger partial charge in [0.1, 0.15) is 0 Å². The third-order valence-corrected chi connectivity index (χ3v) is 7.90. The quantitative estimate of drug-likeness (QED) is 0.224. The fourth-order valence-corrected chi connectivity index (χ4v) is 5.48. The van der Waals surface area contributed by atoms with Gasteiger partial charge in [-0.3, -0.25) is 4.99 Å². The van der Waals surface area contributed by atoms with E-state index in [0.29, 0.717) is 11.3 Å². The van der Waals surface area contributed by atoms with Gasteiger partial charge in [0.05, 0.1) is 0 Å². The van der Waals surface area contributed by atoms with E-state index in [0.717, 1.165) is 17.7 Å². The molecule has 190 valence electrons. The van der Waals surface area contributed by atoms with Gasteiger partial charge in [-0.05, 0) is 98.1 Å². The van der Waals surface area contributed by atoms with Crippen LogP contribution in [0, 0.1) is 12.3 Å². The van der Waals surface area contributed by atoms with Gasteiger partial charge in [-0.1, -0.05) is 106 Å². The Morgan fingerprint density at radius 3 is 2.08 bits per heavy atom. The molecule has 3 rings (SSSR count). The van der Waals surface area contributed by atoms with Crippen LogP contribution >= 0.6 is 0 Å². The van der Waals surface area contributed by atoms with Crippen molar-refractivity contribution in [1.29, 1.82) is 0 Å². The molecule has 0 aliphatic heterocycles. The van der Waals surface area contributed by atoms with Gasteiger partial charge < -0.3 is 0 Å². The molecule has 0 spiro atoms. The van der Waals surface area contributed by atoms with E-state index in [4.69, 9.17) is 0 Å². The summed E-state index contributed by atoms with van der Waals surface area (Å²) in [6.07, 6.45) is 11.1. The van der Waals surface area contributed by atoms with Crippen LogP contribution in [0.4, 0.5) is 0 Å².